The predicted molar refractivity (Wildman–Crippen MR) is 124 cm³/mol. The number of rotatable bonds is 3. The van der Waals surface area contributed by atoms with E-state index >= 15 is 0 Å². The number of benzene rings is 1. The summed E-state index contributed by atoms with van der Waals surface area (Å²) >= 11 is 1.53. The zero-order chi connectivity index (χ0) is 20.4. The number of H-pyrrole nitrogens is 2. The number of aromatic nitrogens is 3. The van der Waals surface area contributed by atoms with Gasteiger partial charge in [-0.15, -0.1) is 11.3 Å². The summed E-state index contributed by atoms with van der Waals surface area (Å²) in [5, 5.41) is 1.93. The van der Waals surface area contributed by atoms with Gasteiger partial charge in [-0.05, 0) is 54.9 Å². The van der Waals surface area contributed by atoms with Gasteiger partial charge < -0.3 is 25.5 Å². The molecule has 3 aromatic heterocycles. The Hall–Kier alpha value is -2.84. The van der Waals surface area contributed by atoms with Gasteiger partial charge in [0, 0.05) is 31.9 Å². The highest BCUT2D eigenvalue weighted by atomic mass is 32.1. The first-order valence-electron chi connectivity index (χ1n) is 10.4. The van der Waals surface area contributed by atoms with Crippen molar-refractivity contribution >= 4 is 44.0 Å². The summed E-state index contributed by atoms with van der Waals surface area (Å²) in [6, 6.07) is 6.32. The second-order valence-corrected chi connectivity index (χ2v) is 9.40. The van der Waals surface area contributed by atoms with Crippen molar-refractivity contribution in [3.8, 4) is 11.4 Å². The van der Waals surface area contributed by atoms with Crippen LogP contribution in [0.25, 0.3) is 32.6 Å². The van der Waals surface area contributed by atoms with Gasteiger partial charge in [0.2, 0.25) is 0 Å². The van der Waals surface area contributed by atoms with Gasteiger partial charge >= 0.3 is 0 Å². The highest BCUT2D eigenvalue weighted by Crippen LogP contribution is 2.46. The Morgan fingerprint density at radius 1 is 1.13 bits per heavy atom. The molecule has 30 heavy (non-hydrogen) atoms. The maximum atomic E-state index is 12.8. The molecule has 0 unspecified atom stereocenters. The number of nitrogens with one attached hydrogen (secondary N) is 2. The summed E-state index contributed by atoms with van der Waals surface area (Å²) in [5.41, 5.74) is 12.4. The third kappa shape index (κ3) is 2.82. The molecule has 1 aromatic carbocycles. The topological polar surface area (TPSA) is 94.0 Å². The van der Waals surface area contributed by atoms with Crippen molar-refractivity contribution in [1.29, 1.82) is 0 Å². The van der Waals surface area contributed by atoms with E-state index in [-0.39, 0.29) is 5.56 Å². The van der Waals surface area contributed by atoms with Crippen LogP contribution in [0.1, 0.15) is 24.3 Å². The molecule has 0 bridgehead atoms. The molecular weight excluding hydrogens is 396 g/mol. The standard InChI is InChI=1S/C22H24N6OS/c1-27-5-7-28(8-6-27)17-11-16-15(10-13(17)12-2-3-12)24-21(25-16)18-19(23)20-14(4-9-30-20)26-22(18)29/h4,9-12H,2-3,5-8H2,1H3,(H,24,25)(H3,23,26,29). The monoisotopic (exact) mass is 420 g/mol. The third-order valence-corrected chi connectivity index (χ3v) is 7.33. The SMILES string of the molecule is CN1CCN(c2cc3nc(-c4c(N)c5sccc5[nH]c4=O)[nH]c3cc2C2CC2)CC1. The van der Waals surface area contributed by atoms with Crippen LogP contribution in [-0.2, 0) is 0 Å². The number of hydrogen-bond donors (Lipinski definition) is 3. The number of likely N-dealkylation sites (N-methyl/N-ethyl adjacent to an activating group) is 1. The van der Waals surface area contributed by atoms with Crippen LogP contribution in [0.3, 0.4) is 0 Å². The molecule has 1 aliphatic carbocycles. The normalized spacial score (nSPS) is 18.0. The summed E-state index contributed by atoms with van der Waals surface area (Å²) < 4.78 is 0.891. The van der Waals surface area contributed by atoms with Crippen LogP contribution in [0, 0.1) is 0 Å². The number of pyridine rings is 1. The molecule has 4 N–H and O–H groups in total. The number of piperazine rings is 1. The highest BCUT2D eigenvalue weighted by Gasteiger charge is 2.30. The molecule has 2 aliphatic rings. The fraction of sp³-hybridized carbons (Fsp3) is 0.364. The highest BCUT2D eigenvalue weighted by molar-refractivity contribution is 7.17. The molecule has 8 heteroatoms. The Labute approximate surface area is 177 Å². The van der Waals surface area contributed by atoms with Crippen LogP contribution in [0.15, 0.2) is 28.4 Å². The minimum Gasteiger partial charge on any atom is -0.397 e. The molecular formula is C22H24N6OS. The van der Waals surface area contributed by atoms with Crippen LogP contribution in [0.5, 0.6) is 0 Å². The Balaban J connectivity index is 1.49. The zero-order valence-electron chi connectivity index (χ0n) is 16.9. The number of anilines is 2. The fourth-order valence-corrected chi connectivity index (χ4v) is 5.31. The van der Waals surface area contributed by atoms with Crippen molar-refractivity contribution in [2.45, 2.75) is 18.8 Å². The van der Waals surface area contributed by atoms with Crippen LogP contribution in [0.2, 0.25) is 0 Å². The Bertz CT molecular complexity index is 1320. The molecule has 1 aliphatic heterocycles. The molecule has 154 valence electrons. The number of nitrogen functional groups attached to an aromatic ring is 1. The molecule has 4 aromatic rings. The van der Waals surface area contributed by atoms with E-state index in [2.05, 4.69) is 38.9 Å². The number of nitrogens with two attached hydrogens (primary N) is 1. The molecule has 4 heterocycles. The van der Waals surface area contributed by atoms with Crippen LogP contribution in [0.4, 0.5) is 11.4 Å². The quantitative estimate of drug-likeness (QED) is 0.473. The van der Waals surface area contributed by atoms with Crippen LogP contribution < -0.4 is 16.2 Å². The minimum absolute atomic E-state index is 0.209. The minimum atomic E-state index is -0.209. The number of aromatic amines is 2. The molecule has 0 radical (unpaired) electrons. The van der Waals surface area contributed by atoms with Crippen LogP contribution >= 0.6 is 11.3 Å². The first kappa shape index (κ1) is 18.0. The van der Waals surface area contributed by atoms with Gasteiger partial charge in [-0.25, -0.2) is 4.98 Å². The lowest BCUT2D eigenvalue weighted by Crippen LogP contribution is -2.44. The van der Waals surface area contributed by atoms with E-state index in [0.29, 0.717) is 23.0 Å². The Kier molecular flexibility index (Phi) is 3.94. The molecule has 2 fully saturated rings. The van der Waals surface area contributed by atoms with E-state index in [1.54, 1.807) is 0 Å². The first-order chi connectivity index (χ1) is 14.6. The van der Waals surface area contributed by atoms with Crippen molar-refractivity contribution in [2.24, 2.45) is 0 Å². The number of imidazole rings is 1. The van der Waals surface area contributed by atoms with Gasteiger partial charge in [0.15, 0.2) is 0 Å². The molecule has 6 rings (SSSR count). The lowest BCUT2D eigenvalue weighted by molar-refractivity contribution is 0.312. The summed E-state index contributed by atoms with van der Waals surface area (Å²) in [5.74, 6) is 1.17. The molecule has 1 saturated carbocycles. The largest absolute Gasteiger partial charge is 0.397 e. The van der Waals surface area contributed by atoms with E-state index in [4.69, 9.17) is 10.7 Å². The maximum Gasteiger partial charge on any atom is 0.261 e. The van der Waals surface area contributed by atoms with Gasteiger partial charge in [0.25, 0.3) is 5.56 Å². The van der Waals surface area contributed by atoms with Crippen molar-refractivity contribution in [3.63, 3.8) is 0 Å². The number of thiophene rings is 1. The van der Waals surface area contributed by atoms with E-state index in [1.165, 1.54) is 35.4 Å². The van der Waals surface area contributed by atoms with Crippen molar-refractivity contribution in [2.75, 3.05) is 43.9 Å². The summed E-state index contributed by atoms with van der Waals surface area (Å²) in [6.07, 6.45) is 2.49. The fourth-order valence-electron chi connectivity index (χ4n) is 4.50. The van der Waals surface area contributed by atoms with Crippen molar-refractivity contribution in [1.82, 2.24) is 19.9 Å². The van der Waals surface area contributed by atoms with Gasteiger partial charge in [0.1, 0.15) is 11.4 Å². The van der Waals surface area contributed by atoms with E-state index in [9.17, 15) is 4.79 Å². The lowest BCUT2D eigenvalue weighted by Gasteiger charge is -2.35. The number of fused-ring (bicyclic) bond motifs is 2. The second-order valence-electron chi connectivity index (χ2n) is 8.48. The molecule has 1 saturated heterocycles. The summed E-state index contributed by atoms with van der Waals surface area (Å²) in [7, 11) is 2.18. The average Bonchev–Trinajstić information content (AvgIpc) is 3.33. The molecule has 7 nitrogen and oxygen atoms in total. The van der Waals surface area contributed by atoms with Gasteiger partial charge in [0.05, 0.1) is 26.9 Å². The summed E-state index contributed by atoms with van der Waals surface area (Å²) in [6.45, 7) is 4.20. The van der Waals surface area contributed by atoms with E-state index in [1.807, 2.05) is 11.4 Å². The average molecular weight is 421 g/mol. The van der Waals surface area contributed by atoms with Gasteiger partial charge in [-0.3, -0.25) is 4.79 Å². The number of nitrogens with zero attached hydrogens (tertiary/aromatic N) is 3. The van der Waals surface area contributed by atoms with Gasteiger partial charge in [-0.2, -0.15) is 0 Å². The van der Waals surface area contributed by atoms with E-state index in [0.717, 1.165) is 47.4 Å². The maximum absolute atomic E-state index is 12.8. The first-order valence-corrected chi connectivity index (χ1v) is 11.3. The smallest absolute Gasteiger partial charge is 0.261 e. The Morgan fingerprint density at radius 2 is 1.93 bits per heavy atom. The second kappa shape index (κ2) is 6.58. The number of hydrogen-bond acceptors (Lipinski definition) is 6. The molecule has 0 amide bonds. The van der Waals surface area contributed by atoms with Crippen LogP contribution in [-0.4, -0.2) is 53.1 Å². The predicted octanol–water partition coefficient (Wildman–Crippen LogP) is 3.34. The van der Waals surface area contributed by atoms with Crippen molar-refractivity contribution in [3.05, 3.63) is 39.5 Å². The molecule has 0 spiro atoms. The van der Waals surface area contributed by atoms with Crippen molar-refractivity contribution < 1.29 is 0 Å². The van der Waals surface area contributed by atoms with Gasteiger partial charge in [-0.1, -0.05) is 0 Å². The summed E-state index contributed by atoms with van der Waals surface area (Å²) in [4.78, 5) is 28.7. The zero-order valence-corrected chi connectivity index (χ0v) is 17.7. The third-order valence-electron chi connectivity index (χ3n) is 6.38. The Morgan fingerprint density at radius 3 is 2.70 bits per heavy atom. The lowest BCUT2D eigenvalue weighted by atomic mass is 10.1. The van der Waals surface area contributed by atoms with E-state index < -0.39 is 0 Å². The molecule has 0 atom stereocenters.